The Balaban J connectivity index is 1.38. The number of aryl methyl sites for hydroxylation is 1. The highest BCUT2D eigenvalue weighted by Crippen LogP contribution is 2.31. The van der Waals surface area contributed by atoms with Gasteiger partial charge in [0.2, 0.25) is 11.8 Å². The standard InChI is InChI=1S/C26H26N4O5/c1-28-23-19(8-5-9-20(23)30(25(28)33)21-10-11-22(31)27-24(21)32)18-12-14-29(15-13-18)26(34)35-16-17-6-3-2-4-7-17/h2-9,12,21H,10-11,13-16H2,1H3,(H,27,31,32). The smallest absolute Gasteiger partial charge is 0.410 e. The molecule has 0 radical (unpaired) electrons. The summed E-state index contributed by atoms with van der Waals surface area (Å²) in [4.78, 5) is 51.4. The maximum absolute atomic E-state index is 13.2. The molecular formula is C26H26N4O5. The fourth-order valence-corrected chi connectivity index (χ4v) is 4.82. The summed E-state index contributed by atoms with van der Waals surface area (Å²) in [6.45, 7) is 1.13. The molecule has 35 heavy (non-hydrogen) atoms. The second-order valence-corrected chi connectivity index (χ2v) is 8.82. The molecule has 5 rings (SSSR count). The first-order valence-corrected chi connectivity index (χ1v) is 11.6. The minimum Gasteiger partial charge on any atom is -0.445 e. The number of rotatable bonds is 4. The molecule has 1 saturated heterocycles. The van der Waals surface area contributed by atoms with E-state index >= 15 is 0 Å². The van der Waals surface area contributed by atoms with Crippen LogP contribution in [0.4, 0.5) is 4.79 Å². The lowest BCUT2D eigenvalue weighted by Crippen LogP contribution is -2.44. The monoisotopic (exact) mass is 474 g/mol. The number of hydrogen-bond acceptors (Lipinski definition) is 5. The predicted molar refractivity (Wildman–Crippen MR) is 129 cm³/mol. The summed E-state index contributed by atoms with van der Waals surface area (Å²) in [5, 5.41) is 2.34. The quantitative estimate of drug-likeness (QED) is 0.586. The van der Waals surface area contributed by atoms with Crippen molar-refractivity contribution >= 4 is 34.5 Å². The molecule has 2 aromatic carbocycles. The van der Waals surface area contributed by atoms with E-state index in [-0.39, 0.29) is 37.1 Å². The first kappa shape index (κ1) is 22.6. The molecule has 1 fully saturated rings. The summed E-state index contributed by atoms with van der Waals surface area (Å²) >= 11 is 0. The van der Waals surface area contributed by atoms with E-state index in [1.165, 1.54) is 4.57 Å². The molecule has 3 heterocycles. The maximum Gasteiger partial charge on any atom is 0.410 e. The van der Waals surface area contributed by atoms with E-state index in [0.29, 0.717) is 25.0 Å². The average molecular weight is 475 g/mol. The van der Waals surface area contributed by atoms with Gasteiger partial charge in [-0.1, -0.05) is 48.5 Å². The van der Waals surface area contributed by atoms with Crippen LogP contribution in [-0.4, -0.2) is 45.0 Å². The highest BCUT2D eigenvalue weighted by Gasteiger charge is 2.32. The first-order valence-electron chi connectivity index (χ1n) is 11.6. The van der Waals surface area contributed by atoms with Gasteiger partial charge in [-0.2, -0.15) is 0 Å². The van der Waals surface area contributed by atoms with E-state index in [9.17, 15) is 19.2 Å². The summed E-state index contributed by atoms with van der Waals surface area (Å²) in [7, 11) is 1.69. The van der Waals surface area contributed by atoms with Gasteiger partial charge in [-0.25, -0.2) is 9.59 Å². The second kappa shape index (κ2) is 9.25. The average Bonchev–Trinajstić information content (AvgIpc) is 3.13. The van der Waals surface area contributed by atoms with Gasteiger partial charge in [0.1, 0.15) is 12.6 Å². The predicted octanol–water partition coefficient (Wildman–Crippen LogP) is 2.74. The van der Waals surface area contributed by atoms with Crippen LogP contribution in [0.15, 0.2) is 59.4 Å². The molecule has 1 aromatic heterocycles. The molecule has 3 amide bonds. The van der Waals surface area contributed by atoms with Gasteiger partial charge in [0.25, 0.3) is 0 Å². The zero-order valence-electron chi connectivity index (χ0n) is 19.4. The van der Waals surface area contributed by atoms with E-state index in [4.69, 9.17) is 4.74 Å². The fourth-order valence-electron chi connectivity index (χ4n) is 4.82. The minimum atomic E-state index is -0.727. The van der Waals surface area contributed by atoms with Gasteiger partial charge in [0, 0.05) is 32.1 Å². The summed E-state index contributed by atoms with van der Waals surface area (Å²) in [5.74, 6) is -0.776. The number of amides is 3. The molecule has 1 unspecified atom stereocenters. The molecule has 3 aromatic rings. The van der Waals surface area contributed by atoms with Crippen molar-refractivity contribution in [3.05, 3.63) is 76.2 Å². The molecule has 1 atom stereocenters. The molecule has 180 valence electrons. The summed E-state index contributed by atoms with van der Waals surface area (Å²) in [6.07, 6.45) is 2.71. The number of benzene rings is 2. The third-order valence-electron chi connectivity index (χ3n) is 6.64. The summed E-state index contributed by atoms with van der Waals surface area (Å²) in [6, 6.07) is 14.4. The number of para-hydroxylation sites is 1. The Morgan fingerprint density at radius 2 is 1.86 bits per heavy atom. The van der Waals surface area contributed by atoms with Crippen molar-refractivity contribution in [1.82, 2.24) is 19.4 Å². The van der Waals surface area contributed by atoms with Crippen molar-refractivity contribution in [2.75, 3.05) is 13.1 Å². The van der Waals surface area contributed by atoms with Crippen LogP contribution >= 0.6 is 0 Å². The van der Waals surface area contributed by atoms with E-state index in [1.54, 1.807) is 16.5 Å². The lowest BCUT2D eigenvalue weighted by Gasteiger charge is -2.26. The summed E-state index contributed by atoms with van der Waals surface area (Å²) in [5.41, 5.74) is 3.93. The van der Waals surface area contributed by atoms with Crippen LogP contribution in [0.2, 0.25) is 0 Å². The number of imidazole rings is 1. The first-order chi connectivity index (χ1) is 16.9. The number of nitrogens with zero attached hydrogens (tertiary/aromatic N) is 3. The number of ether oxygens (including phenoxy) is 1. The Kier molecular flexibility index (Phi) is 5.98. The van der Waals surface area contributed by atoms with Crippen LogP contribution in [-0.2, 0) is 28.0 Å². The van der Waals surface area contributed by atoms with Crippen LogP contribution < -0.4 is 11.0 Å². The van der Waals surface area contributed by atoms with Gasteiger partial charge in [0.05, 0.1) is 11.0 Å². The topological polar surface area (TPSA) is 103 Å². The van der Waals surface area contributed by atoms with Gasteiger partial charge in [-0.05, 0) is 30.0 Å². The van der Waals surface area contributed by atoms with Gasteiger partial charge in [-0.15, -0.1) is 0 Å². The van der Waals surface area contributed by atoms with Gasteiger partial charge in [-0.3, -0.25) is 24.0 Å². The normalized spacial score (nSPS) is 18.4. The minimum absolute atomic E-state index is 0.195. The molecule has 0 aliphatic carbocycles. The largest absolute Gasteiger partial charge is 0.445 e. The highest BCUT2D eigenvalue weighted by atomic mass is 16.6. The van der Waals surface area contributed by atoms with Crippen molar-refractivity contribution in [2.45, 2.75) is 31.9 Å². The second-order valence-electron chi connectivity index (χ2n) is 8.82. The molecule has 0 bridgehead atoms. The number of imide groups is 1. The lowest BCUT2D eigenvalue weighted by atomic mass is 9.98. The van der Waals surface area contributed by atoms with Crippen LogP contribution in [0.3, 0.4) is 0 Å². The molecule has 9 heteroatoms. The van der Waals surface area contributed by atoms with E-state index < -0.39 is 11.9 Å². The number of carbonyl (C=O) groups excluding carboxylic acids is 3. The van der Waals surface area contributed by atoms with Crippen LogP contribution in [0.25, 0.3) is 16.6 Å². The van der Waals surface area contributed by atoms with Crippen molar-refractivity contribution in [1.29, 1.82) is 0 Å². The number of aromatic nitrogens is 2. The lowest BCUT2D eigenvalue weighted by molar-refractivity contribution is -0.135. The number of piperidine rings is 1. The van der Waals surface area contributed by atoms with Gasteiger partial charge < -0.3 is 9.64 Å². The van der Waals surface area contributed by atoms with E-state index in [1.807, 2.05) is 54.6 Å². The fraction of sp³-hybridized carbons (Fsp3) is 0.308. The molecule has 0 saturated carbocycles. The third kappa shape index (κ3) is 4.25. The van der Waals surface area contributed by atoms with Gasteiger partial charge in [0.15, 0.2) is 0 Å². The zero-order valence-corrected chi connectivity index (χ0v) is 19.4. The molecule has 9 nitrogen and oxygen atoms in total. The van der Waals surface area contributed by atoms with Crippen LogP contribution in [0.1, 0.15) is 36.4 Å². The summed E-state index contributed by atoms with van der Waals surface area (Å²) < 4.78 is 8.48. The molecular weight excluding hydrogens is 448 g/mol. The molecule has 2 aliphatic rings. The SMILES string of the molecule is Cn1c(=O)n(C2CCC(=O)NC2=O)c2cccc(C3=CCN(C(=O)OCc4ccccc4)CC3)c21. The highest BCUT2D eigenvalue weighted by molar-refractivity contribution is 6.00. The number of carbonyl (C=O) groups is 3. The van der Waals surface area contributed by atoms with Crippen molar-refractivity contribution in [3.63, 3.8) is 0 Å². The zero-order chi connectivity index (χ0) is 24.5. The van der Waals surface area contributed by atoms with E-state index in [0.717, 1.165) is 22.2 Å². The number of hydrogen-bond donors (Lipinski definition) is 1. The molecule has 2 aliphatic heterocycles. The Bertz CT molecular complexity index is 1400. The number of nitrogens with one attached hydrogen (secondary N) is 1. The Labute approximate surface area is 201 Å². The van der Waals surface area contributed by atoms with Crippen LogP contribution in [0.5, 0.6) is 0 Å². The molecule has 0 spiro atoms. The maximum atomic E-state index is 13.2. The Morgan fingerprint density at radius 1 is 1.06 bits per heavy atom. The van der Waals surface area contributed by atoms with Crippen LogP contribution in [0, 0.1) is 0 Å². The Hall–Kier alpha value is -4.14. The van der Waals surface area contributed by atoms with E-state index in [2.05, 4.69) is 5.32 Å². The molecule has 1 N–H and O–H groups in total. The van der Waals surface area contributed by atoms with Crippen molar-refractivity contribution in [2.24, 2.45) is 7.05 Å². The van der Waals surface area contributed by atoms with Crippen molar-refractivity contribution in [3.8, 4) is 0 Å². The van der Waals surface area contributed by atoms with Crippen molar-refractivity contribution < 1.29 is 19.1 Å². The number of fused-ring (bicyclic) bond motifs is 1. The van der Waals surface area contributed by atoms with Gasteiger partial charge >= 0.3 is 11.8 Å². The third-order valence-corrected chi connectivity index (χ3v) is 6.64. The Morgan fingerprint density at radius 3 is 2.57 bits per heavy atom.